The van der Waals surface area contributed by atoms with E-state index in [1.54, 1.807) is 0 Å². The number of rotatable bonds is 1. The Balaban J connectivity index is 1.82. The zero-order chi connectivity index (χ0) is 9.10. The van der Waals surface area contributed by atoms with Crippen molar-refractivity contribution in [2.75, 3.05) is 26.2 Å². The highest BCUT2D eigenvalue weighted by Gasteiger charge is 2.26. The van der Waals surface area contributed by atoms with Crippen LogP contribution in [0.25, 0.3) is 0 Å². The smallest absolute Gasteiger partial charge is 0.314 e. The van der Waals surface area contributed by atoms with Crippen LogP contribution in [0.1, 0.15) is 12.8 Å². The van der Waals surface area contributed by atoms with Crippen molar-refractivity contribution in [1.29, 1.82) is 0 Å². The molecule has 13 heavy (non-hydrogen) atoms. The van der Waals surface area contributed by atoms with E-state index >= 15 is 0 Å². The number of hydrogen-bond donors (Lipinski definition) is 3. The van der Waals surface area contributed by atoms with Gasteiger partial charge in [0.2, 0.25) is 0 Å². The monoisotopic (exact) mass is 183 g/mol. The molecule has 2 saturated heterocycles. The Morgan fingerprint density at radius 2 is 1.62 bits per heavy atom. The molecule has 0 radical (unpaired) electrons. The van der Waals surface area contributed by atoms with Crippen molar-refractivity contribution in [2.24, 2.45) is 11.8 Å². The van der Waals surface area contributed by atoms with Crippen molar-refractivity contribution in [2.45, 2.75) is 12.8 Å². The van der Waals surface area contributed by atoms with Crippen LogP contribution in [-0.2, 0) is 0 Å². The SMILES string of the molecule is O=C1NCC(C2CCNCC2)CN1. The first-order valence-electron chi connectivity index (χ1n) is 5.08. The Kier molecular flexibility index (Phi) is 2.68. The summed E-state index contributed by atoms with van der Waals surface area (Å²) in [5.74, 6) is 1.43. The van der Waals surface area contributed by atoms with E-state index in [-0.39, 0.29) is 6.03 Å². The molecule has 2 aliphatic heterocycles. The summed E-state index contributed by atoms with van der Waals surface area (Å²) in [7, 11) is 0. The summed E-state index contributed by atoms with van der Waals surface area (Å²) >= 11 is 0. The minimum atomic E-state index is -0.00909. The van der Waals surface area contributed by atoms with Crippen LogP contribution in [0.4, 0.5) is 4.79 Å². The lowest BCUT2D eigenvalue weighted by Crippen LogP contribution is -2.51. The molecule has 0 bridgehead atoms. The van der Waals surface area contributed by atoms with Gasteiger partial charge in [-0.25, -0.2) is 4.79 Å². The second-order valence-corrected chi connectivity index (χ2v) is 3.94. The number of amides is 2. The Labute approximate surface area is 78.5 Å². The third kappa shape index (κ3) is 2.12. The summed E-state index contributed by atoms with van der Waals surface area (Å²) < 4.78 is 0. The highest BCUT2D eigenvalue weighted by molar-refractivity contribution is 5.74. The lowest BCUT2D eigenvalue weighted by Gasteiger charge is -2.33. The number of hydrogen-bond acceptors (Lipinski definition) is 2. The van der Waals surface area contributed by atoms with Crippen LogP contribution in [0.2, 0.25) is 0 Å². The fourth-order valence-electron chi connectivity index (χ4n) is 2.23. The molecule has 2 aliphatic rings. The van der Waals surface area contributed by atoms with Crippen molar-refractivity contribution < 1.29 is 4.79 Å². The molecule has 0 spiro atoms. The summed E-state index contributed by atoms with van der Waals surface area (Å²) in [4.78, 5) is 10.9. The molecule has 4 nitrogen and oxygen atoms in total. The third-order valence-corrected chi connectivity index (χ3v) is 3.10. The summed E-state index contributed by atoms with van der Waals surface area (Å²) in [5, 5.41) is 9.07. The van der Waals surface area contributed by atoms with Gasteiger partial charge in [0.05, 0.1) is 0 Å². The van der Waals surface area contributed by atoms with Gasteiger partial charge in [0, 0.05) is 13.1 Å². The molecule has 0 aliphatic carbocycles. The highest BCUT2D eigenvalue weighted by atomic mass is 16.2. The lowest BCUT2D eigenvalue weighted by atomic mass is 9.84. The predicted octanol–water partition coefficient (Wildman–Crippen LogP) is -0.0850. The molecule has 2 heterocycles. The van der Waals surface area contributed by atoms with Crippen LogP contribution in [-0.4, -0.2) is 32.2 Å². The van der Waals surface area contributed by atoms with Gasteiger partial charge in [-0.2, -0.15) is 0 Å². The lowest BCUT2D eigenvalue weighted by molar-refractivity contribution is 0.202. The molecule has 0 saturated carbocycles. The summed E-state index contributed by atoms with van der Waals surface area (Å²) in [6, 6.07) is -0.00909. The van der Waals surface area contributed by atoms with Crippen molar-refractivity contribution in [3.05, 3.63) is 0 Å². The second kappa shape index (κ2) is 3.96. The molecule has 0 atom stereocenters. The maximum atomic E-state index is 10.9. The molecule has 0 aromatic heterocycles. The Hall–Kier alpha value is -0.770. The molecule has 2 fully saturated rings. The van der Waals surface area contributed by atoms with Crippen molar-refractivity contribution >= 4 is 6.03 Å². The number of carbonyl (C=O) groups excluding carboxylic acids is 1. The van der Waals surface area contributed by atoms with Gasteiger partial charge in [-0.3, -0.25) is 0 Å². The number of urea groups is 1. The molecule has 2 rings (SSSR count). The van der Waals surface area contributed by atoms with Crippen LogP contribution in [0.15, 0.2) is 0 Å². The zero-order valence-corrected chi connectivity index (χ0v) is 7.81. The van der Waals surface area contributed by atoms with E-state index in [0.717, 1.165) is 32.1 Å². The molecule has 2 amide bonds. The molecule has 0 aromatic carbocycles. The number of nitrogens with one attached hydrogen (secondary N) is 3. The predicted molar refractivity (Wildman–Crippen MR) is 50.5 cm³/mol. The van der Waals surface area contributed by atoms with Crippen LogP contribution >= 0.6 is 0 Å². The van der Waals surface area contributed by atoms with Gasteiger partial charge in [0.15, 0.2) is 0 Å². The first-order valence-corrected chi connectivity index (χ1v) is 5.08. The second-order valence-electron chi connectivity index (χ2n) is 3.94. The Morgan fingerprint density at radius 1 is 1.00 bits per heavy atom. The van der Waals surface area contributed by atoms with E-state index in [1.807, 2.05) is 0 Å². The van der Waals surface area contributed by atoms with Gasteiger partial charge in [-0.05, 0) is 37.8 Å². The topological polar surface area (TPSA) is 53.2 Å². The summed E-state index contributed by atoms with van der Waals surface area (Å²) in [5.41, 5.74) is 0. The van der Waals surface area contributed by atoms with Crippen LogP contribution < -0.4 is 16.0 Å². The van der Waals surface area contributed by atoms with E-state index in [1.165, 1.54) is 12.8 Å². The fourth-order valence-corrected chi connectivity index (χ4v) is 2.23. The minimum Gasteiger partial charge on any atom is -0.338 e. The van der Waals surface area contributed by atoms with Gasteiger partial charge in [0.1, 0.15) is 0 Å². The average molecular weight is 183 g/mol. The van der Waals surface area contributed by atoms with E-state index in [2.05, 4.69) is 16.0 Å². The molecule has 0 unspecified atom stereocenters. The molecule has 3 N–H and O–H groups in total. The van der Waals surface area contributed by atoms with Crippen LogP contribution in [0.3, 0.4) is 0 Å². The summed E-state index contributed by atoms with van der Waals surface area (Å²) in [6.07, 6.45) is 2.50. The van der Waals surface area contributed by atoms with Gasteiger partial charge in [0.25, 0.3) is 0 Å². The van der Waals surface area contributed by atoms with Crippen LogP contribution in [0, 0.1) is 11.8 Å². The average Bonchev–Trinajstić information content (AvgIpc) is 2.20. The number of carbonyl (C=O) groups is 1. The van der Waals surface area contributed by atoms with E-state index < -0.39 is 0 Å². The van der Waals surface area contributed by atoms with E-state index in [4.69, 9.17) is 0 Å². The van der Waals surface area contributed by atoms with Crippen molar-refractivity contribution in [3.8, 4) is 0 Å². The standard InChI is InChI=1S/C9H17N3O/c13-9-11-5-8(6-12-9)7-1-3-10-4-2-7/h7-8,10H,1-6H2,(H2,11,12,13). The molecular formula is C9H17N3O. The van der Waals surface area contributed by atoms with Gasteiger partial charge in [-0.15, -0.1) is 0 Å². The largest absolute Gasteiger partial charge is 0.338 e. The van der Waals surface area contributed by atoms with Gasteiger partial charge < -0.3 is 16.0 Å². The first-order chi connectivity index (χ1) is 6.36. The molecule has 4 heteroatoms. The Bertz CT molecular complexity index is 179. The third-order valence-electron chi connectivity index (χ3n) is 3.10. The van der Waals surface area contributed by atoms with Crippen molar-refractivity contribution in [3.63, 3.8) is 0 Å². The summed E-state index contributed by atoms with van der Waals surface area (Å²) in [6.45, 7) is 3.98. The van der Waals surface area contributed by atoms with E-state index in [9.17, 15) is 4.79 Å². The quantitative estimate of drug-likeness (QED) is 0.532. The zero-order valence-electron chi connectivity index (χ0n) is 7.81. The van der Waals surface area contributed by atoms with Crippen LogP contribution in [0.5, 0.6) is 0 Å². The maximum Gasteiger partial charge on any atom is 0.314 e. The normalized spacial score (nSPS) is 26.6. The van der Waals surface area contributed by atoms with Gasteiger partial charge in [-0.1, -0.05) is 0 Å². The van der Waals surface area contributed by atoms with Gasteiger partial charge >= 0.3 is 6.03 Å². The molecule has 74 valence electrons. The maximum absolute atomic E-state index is 10.9. The highest BCUT2D eigenvalue weighted by Crippen LogP contribution is 2.21. The Morgan fingerprint density at radius 3 is 2.23 bits per heavy atom. The van der Waals surface area contributed by atoms with E-state index in [0.29, 0.717) is 5.92 Å². The fraction of sp³-hybridized carbons (Fsp3) is 0.889. The van der Waals surface area contributed by atoms with Crippen molar-refractivity contribution in [1.82, 2.24) is 16.0 Å². The number of piperidine rings is 1. The molecular weight excluding hydrogens is 166 g/mol. The first kappa shape index (κ1) is 8.81. The minimum absolute atomic E-state index is 0.00909. The molecule has 0 aromatic rings.